The molecule has 18 heavy (non-hydrogen) atoms. The van der Waals surface area contributed by atoms with Crippen molar-refractivity contribution in [2.75, 3.05) is 20.1 Å². The lowest BCUT2D eigenvalue weighted by molar-refractivity contribution is -0.120. The average molecular weight is 270 g/mol. The molecule has 1 amide bonds. The SMILES string of the molecule is CCN(CC(=O)NC)S(=O)(=O)c1ccccc1C. The zero-order chi connectivity index (χ0) is 13.8. The quantitative estimate of drug-likeness (QED) is 0.858. The molecule has 1 aromatic rings. The molecule has 0 saturated carbocycles. The molecule has 0 aliphatic carbocycles. The van der Waals surface area contributed by atoms with Crippen LogP contribution < -0.4 is 5.32 Å². The zero-order valence-corrected chi connectivity index (χ0v) is 11.6. The summed E-state index contributed by atoms with van der Waals surface area (Å²) in [5.74, 6) is -0.325. The number of hydrogen-bond donors (Lipinski definition) is 1. The molecule has 0 fully saturated rings. The molecular weight excluding hydrogens is 252 g/mol. The van der Waals surface area contributed by atoms with E-state index in [4.69, 9.17) is 0 Å². The minimum atomic E-state index is -3.61. The van der Waals surface area contributed by atoms with Gasteiger partial charge in [-0.1, -0.05) is 25.1 Å². The maximum absolute atomic E-state index is 12.4. The third-order valence-corrected chi connectivity index (χ3v) is 4.74. The van der Waals surface area contributed by atoms with Crippen LogP contribution in [0.25, 0.3) is 0 Å². The number of carbonyl (C=O) groups is 1. The smallest absolute Gasteiger partial charge is 0.243 e. The number of likely N-dealkylation sites (N-methyl/N-ethyl adjacent to an activating group) is 2. The molecule has 0 bridgehead atoms. The van der Waals surface area contributed by atoms with Gasteiger partial charge in [0.1, 0.15) is 0 Å². The summed E-state index contributed by atoms with van der Waals surface area (Å²) in [6.45, 7) is 3.53. The van der Waals surface area contributed by atoms with Crippen LogP contribution in [0, 0.1) is 6.92 Å². The van der Waals surface area contributed by atoms with Gasteiger partial charge in [-0.2, -0.15) is 4.31 Å². The van der Waals surface area contributed by atoms with E-state index in [1.165, 1.54) is 7.05 Å². The minimum absolute atomic E-state index is 0.163. The standard InChI is InChI=1S/C12H18N2O3S/c1-4-14(9-12(15)13-3)18(16,17)11-8-6-5-7-10(11)2/h5-8H,4,9H2,1-3H3,(H,13,15). The van der Waals surface area contributed by atoms with E-state index in [1.807, 2.05) is 0 Å². The number of nitrogens with one attached hydrogen (secondary N) is 1. The molecule has 0 aromatic heterocycles. The van der Waals surface area contributed by atoms with Crippen LogP contribution >= 0.6 is 0 Å². The van der Waals surface area contributed by atoms with Crippen molar-refractivity contribution in [2.45, 2.75) is 18.7 Å². The normalized spacial score (nSPS) is 11.6. The summed E-state index contributed by atoms with van der Waals surface area (Å²) in [4.78, 5) is 11.6. The van der Waals surface area contributed by atoms with E-state index in [-0.39, 0.29) is 23.9 Å². The molecule has 0 saturated heterocycles. The fraction of sp³-hybridized carbons (Fsp3) is 0.417. The van der Waals surface area contributed by atoms with E-state index in [0.29, 0.717) is 5.56 Å². The number of rotatable bonds is 5. The summed E-state index contributed by atoms with van der Waals surface area (Å²) in [6, 6.07) is 6.74. The van der Waals surface area contributed by atoms with Crippen molar-refractivity contribution in [1.82, 2.24) is 9.62 Å². The van der Waals surface area contributed by atoms with E-state index >= 15 is 0 Å². The maximum atomic E-state index is 12.4. The first-order valence-corrected chi connectivity index (χ1v) is 7.13. The van der Waals surface area contributed by atoms with E-state index in [0.717, 1.165) is 4.31 Å². The minimum Gasteiger partial charge on any atom is -0.358 e. The Hall–Kier alpha value is -1.40. The van der Waals surface area contributed by atoms with Gasteiger partial charge in [0.05, 0.1) is 11.4 Å². The molecule has 6 heteroatoms. The second-order valence-electron chi connectivity index (χ2n) is 3.87. The molecule has 5 nitrogen and oxygen atoms in total. The highest BCUT2D eigenvalue weighted by molar-refractivity contribution is 7.89. The summed E-state index contributed by atoms with van der Waals surface area (Å²) >= 11 is 0. The number of nitrogens with zero attached hydrogens (tertiary/aromatic N) is 1. The summed E-state index contributed by atoms with van der Waals surface area (Å²) in [5.41, 5.74) is 0.674. The number of amides is 1. The Labute approximate surface area is 108 Å². The van der Waals surface area contributed by atoms with Gasteiger partial charge in [0, 0.05) is 13.6 Å². The number of carbonyl (C=O) groups excluding carboxylic acids is 1. The monoisotopic (exact) mass is 270 g/mol. The summed E-state index contributed by atoms with van der Waals surface area (Å²) in [7, 11) is -2.13. The van der Waals surface area contributed by atoms with Crippen LogP contribution in [0.3, 0.4) is 0 Å². The molecule has 0 unspecified atom stereocenters. The fourth-order valence-electron chi connectivity index (χ4n) is 1.59. The van der Waals surface area contributed by atoms with Crippen LogP contribution in [-0.4, -0.2) is 38.8 Å². The van der Waals surface area contributed by atoms with Crippen molar-refractivity contribution in [3.05, 3.63) is 29.8 Å². The van der Waals surface area contributed by atoms with Crippen LogP contribution in [0.2, 0.25) is 0 Å². The topological polar surface area (TPSA) is 66.5 Å². The zero-order valence-electron chi connectivity index (χ0n) is 10.8. The van der Waals surface area contributed by atoms with E-state index in [1.54, 1.807) is 38.1 Å². The molecular formula is C12H18N2O3S. The number of sulfonamides is 1. The molecule has 0 atom stereocenters. The largest absolute Gasteiger partial charge is 0.358 e. The van der Waals surface area contributed by atoms with Crippen LogP contribution in [0.1, 0.15) is 12.5 Å². The molecule has 100 valence electrons. The Balaban J connectivity index is 3.12. The highest BCUT2D eigenvalue weighted by atomic mass is 32.2. The molecule has 1 rings (SSSR count). The predicted octanol–water partition coefficient (Wildman–Crippen LogP) is 0.752. The fourth-order valence-corrected chi connectivity index (χ4v) is 3.22. The summed E-state index contributed by atoms with van der Waals surface area (Å²) in [6.07, 6.45) is 0. The van der Waals surface area contributed by atoms with Gasteiger partial charge in [-0.05, 0) is 18.6 Å². The first kappa shape index (κ1) is 14.7. The maximum Gasteiger partial charge on any atom is 0.243 e. The average Bonchev–Trinajstić information content (AvgIpc) is 2.35. The lowest BCUT2D eigenvalue weighted by Gasteiger charge is -2.20. The van der Waals surface area contributed by atoms with Crippen molar-refractivity contribution in [2.24, 2.45) is 0 Å². The third-order valence-electron chi connectivity index (χ3n) is 2.66. The second kappa shape index (κ2) is 5.97. The molecule has 1 N–H and O–H groups in total. The summed E-state index contributed by atoms with van der Waals surface area (Å²) in [5, 5.41) is 2.42. The van der Waals surface area contributed by atoms with Gasteiger partial charge in [0.25, 0.3) is 0 Å². The second-order valence-corrected chi connectivity index (χ2v) is 5.78. The summed E-state index contributed by atoms with van der Waals surface area (Å²) < 4.78 is 25.9. The van der Waals surface area contributed by atoms with Crippen LogP contribution in [0.5, 0.6) is 0 Å². The van der Waals surface area contributed by atoms with Crippen molar-refractivity contribution < 1.29 is 13.2 Å². The lowest BCUT2D eigenvalue weighted by Crippen LogP contribution is -2.39. The van der Waals surface area contributed by atoms with E-state index in [9.17, 15) is 13.2 Å². The Kier molecular flexibility index (Phi) is 4.86. The van der Waals surface area contributed by atoms with Crippen molar-refractivity contribution in [3.8, 4) is 0 Å². The van der Waals surface area contributed by atoms with E-state index < -0.39 is 10.0 Å². The van der Waals surface area contributed by atoms with Gasteiger partial charge in [-0.15, -0.1) is 0 Å². The van der Waals surface area contributed by atoms with Crippen LogP contribution in [0.4, 0.5) is 0 Å². The molecule has 1 aromatic carbocycles. The Morgan fingerprint density at radius 3 is 2.44 bits per heavy atom. The molecule has 0 aliphatic heterocycles. The van der Waals surface area contributed by atoms with Gasteiger partial charge in [0.2, 0.25) is 15.9 Å². The van der Waals surface area contributed by atoms with Gasteiger partial charge in [-0.3, -0.25) is 4.79 Å². The van der Waals surface area contributed by atoms with Gasteiger partial charge in [-0.25, -0.2) is 8.42 Å². The van der Waals surface area contributed by atoms with E-state index in [2.05, 4.69) is 5.32 Å². The van der Waals surface area contributed by atoms with Crippen molar-refractivity contribution >= 4 is 15.9 Å². The van der Waals surface area contributed by atoms with Crippen LogP contribution in [0.15, 0.2) is 29.2 Å². The Bertz CT molecular complexity index is 526. The highest BCUT2D eigenvalue weighted by Gasteiger charge is 2.25. The number of benzene rings is 1. The molecule has 0 radical (unpaired) electrons. The third kappa shape index (κ3) is 3.08. The van der Waals surface area contributed by atoms with Gasteiger partial charge in [0.15, 0.2) is 0 Å². The van der Waals surface area contributed by atoms with Gasteiger partial charge >= 0.3 is 0 Å². The van der Waals surface area contributed by atoms with Crippen LogP contribution in [-0.2, 0) is 14.8 Å². The lowest BCUT2D eigenvalue weighted by atomic mass is 10.2. The predicted molar refractivity (Wildman–Crippen MR) is 69.7 cm³/mol. The molecule has 0 spiro atoms. The molecule has 0 aliphatic rings. The number of hydrogen-bond acceptors (Lipinski definition) is 3. The number of aryl methyl sites for hydroxylation is 1. The molecule has 0 heterocycles. The Morgan fingerprint density at radius 2 is 1.94 bits per heavy atom. The van der Waals surface area contributed by atoms with Crippen molar-refractivity contribution in [3.63, 3.8) is 0 Å². The first-order valence-electron chi connectivity index (χ1n) is 5.69. The Morgan fingerprint density at radius 1 is 1.33 bits per heavy atom. The van der Waals surface area contributed by atoms with Crippen molar-refractivity contribution in [1.29, 1.82) is 0 Å². The van der Waals surface area contributed by atoms with Gasteiger partial charge < -0.3 is 5.32 Å². The highest BCUT2D eigenvalue weighted by Crippen LogP contribution is 2.18. The first-order chi connectivity index (χ1) is 8.43.